The number of anilines is 1. The Kier molecular flexibility index (Phi) is 11.8. The smallest absolute Gasteiger partial charge is 0.345 e. The Morgan fingerprint density at radius 1 is 1.02 bits per heavy atom. The van der Waals surface area contributed by atoms with Gasteiger partial charge in [0.2, 0.25) is 15.8 Å². The molecule has 2 heterocycles. The van der Waals surface area contributed by atoms with Crippen molar-refractivity contribution in [2.24, 2.45) is 0 Å². The summed E-state index contributed by atoms with van der Waals surface area (Å²) in [5.74, 6) is -0.384. The third-order valence-electron chi connectivity index (χ3n) is 7.64. The lowest BCUT2D eigenvalue weighted by atomic mass is 10.0. The summed E-state index contributed by atoms with van der Waals surface area (Å²) in [4.78, 5) is 25.7. The molecule has 4 rings (SSSR count). The van der Waals surface area contributed by atoms with Crippen LogP contribution < -0.4 is 15.0 Å². The van der Waals surface area contributed by atoms with E-state index in [0.29, 0.717) is 36.4 Å². The maximum atomic E-state index is 12.5. The molecule has 0 saturated carbocycles. The van der Waals surface area contributed by atoms with Crippen LogP contribution in [0, 0.1) is 0 Å². The minimum Gasteiger partial charge on any atom is -0.463 e. The number of urea groups is 1. The molecule has 0 spiro atoms. The number of aliphatic hydroxyl groups is 1. The number of rotatable bonds is 17. The summed E-state index contributed by atoms with van der Waals surface area (Å²) in [6.07, 6.45) is 7.24. The first-order valence-corrected chi connectivity index (χ1v) is 17.2. The summed E-state index contributed by atoms with van der Waals surface area (Å²) in [5.41, 5.74) is 3.13. The van der Waals surface area contributed by atoms with Crippen LogP contribution in [0.4, 0.5) is 10.5 Å². The summed E-state index contributed by atoms with van der Waals surface area (Å²) in [6.45, 7) is 6.45. The number of carbonyl (C=O) groups excluding carboxylic acids is 2. The standard InChI is InChI=1S/C32H45N3O8S/c1-32(2)42-23-26-20-25(14-15-29(26)43-32)28(36)21-33-16-7-5-4-6-8-17-41-18-10-12-24-11-9-13-27(19-24)35-30(37)22-34(31(35)38)44(3,39)40/h9,11,13-15,19-20,28,33,36H,4-8,10,12,16-18,21-23H2,1-3H3/t28-/m1/s1. The van der Waals surface area contributed by atoms with Crippen molar-refractivity contribution in [3.8, 4) is 5.75 Å². The molecule has 0 aromatic heterocycles. The molecule has 2 aliphatic heterocycles. The third kappa shape index (κ3) is 9.48. The SMILES string of the molecule is CC1(C)OCc2cc([C@H](O)CNCCCCCCCOCCCc3cccc(N4C(=O)CN(S(C)(=O)=O)C4=O)c3)ccc2O1. The molecule has 0 aliphatic carbocycles. The van der Waals surface area contributed by atoms with Gasteiger partial charge in [0.1, 0.15) is 12.3 Å². The maximum absolute atomic E-state index is 12.5. The molecule has 0 unspecified atom stereocenters. The van der Waals surface area contributed by atoms with Gasteiger partial charge in [0.25, 0.3) is 5.91 Å². The number of ether oxygens (including phenoxy) is 3. The average Bonchev–Trinajstić information content (AvgIpc) is 3.28. The third-order valence-corrected chi connectivity index (χ3v) is 8.72. The van der Waals surface area contributed by atoms with Gasteiger partial charge >= 0.3 is 6.03 Å². The highest BCUT2D eigenvalue weighted by Gasteiger charge is 2.42. The second-order valence-corrected chi connectivity index (χ2v) is 13.7. The largest absolute Gasteiger partial charge is 0.463 e. The summed E-state index contributed by atoms with van der Waals surface area (Å²) in [7, 11) is -3.80. The van der Waals surface area contributed by atoms with Gasteiger partial charge in [-0.2, -0.15) is 0 Å². The van der Waals surface area contributed by atoms with Crippen LogP contribution in [0.25, 0.3) is 0 Å². The zero-order valence-corrected chi connectivity index (χ0v) is 26.7. The number of hydrogen-bond acceptors (Lipinski definition) is 9. The van der Waals surface area contributed by atoms with Crippen LogP contribution in [-0.4, -0.2) is 74.7 Å². The number of imide groups is 1. The van der Waals surface area contributed by atoms with E-state index in [4.69, 9.17) is 14.2 Å². The van der Waals surface area contributed by atoms with E-state index in [0.717, 1.165) is 85.1 Å². The van der Waals surface area contributed by atoms with E-state index >= 15 is 0 Å². The second-order valence-electron chi connectivity index (χ2n) is 11.8. The Morgan fingerprint density at radius 3 is 2.55 bits per heavy atom. The molecular weight excluding hydrogens is 586 g/mol. The quantitative estimate of drug-likeness (QED) is 0.194. The van der Waals surface area contributed by atoms with Crippen molar-refractivity contribution in [1.82, 2.24) is 9.62 Å². The predicted molar refractivity (Wildman–Crippen MR) is 167 cm³/mol. The summed E-state index contributed by atoms with van der Waals surface area (Å²) < 4.78 is 41.4. The molecule has 3 amide bonds. The van der Waals surface area contributed by atoms with E-state index in [1.165, 1.54) is 0 Å². The van der Waals surface area contributed by atoms with E-state index in [1.54, 1.807) is 18.2 Å². The van der Waals surface area contributed by atoms with Crippen LogP contribution in [0.1, 0.15) is 75.2 Å². The molecule has 2 N–H and O–H groups in total. The van der Waals surface area contributed by atoms with E-state index in [2.05, 4.69) is 5.32 Å². The molecule has 0 bridgehead atoms. The van der Waals surface area contributed by atoms with Crippen molar-refractivity contribution in [2.45, 2.75) is 77.3 Å². The Morgan fingerprint density at radius 2 is 1.77 bits per heavy atom. The molecule has 11 nitrogen and oxygen atoms in total. The minimum atomic E-state index is -3.80. The van der Waals surface area contributed by atoms with Gasteiger partial charge in [-0.1, -0.05) is 37.5 Å². The van der Waals surface area contributed by atoms with E-state index < -0.39 is 40.4 Å². The van der Waals surface area contributed by atoms with Crippen LogP contribution in [0.3, 0.4) is 0 Å². The molecular formula is C32H45N3O8S. The van der Waals surface area contributed by atoms with Crippen LogP contribution in [0.15, 0.2) is 42.5 Å². The first kappa shape index (κ1) is 33.9. The first-order chi connectivity index (χ1) is 20.9. The van der Waals surface area contributed by atoms with Crippen molar-refractivity contribution in [3.63, 3.8) is 0 Å². The van der Waals surface area contributed by atoms with Crippen molar-refractivity contribution in [3.05, 3.63) is 59.2 Å². The zero-order chi connectivity index (χ0) is 31.7. The maximum Gasteiger partial charge on any atom is 0.345 e. The number of hydrogen-bond donors (Lipinski definition) is 2. The molecule has 1 saturated heterocycles. The fourth-order valence-corrected chi connectivity index (χ4v) is 5.94. The number of nitrogens with zero attached hydrogens (tertiary/aromatic N) is 2. The van der Waals surface area contributed by atoms with Crippen LogP contribution in [-0.2, 0) is 37.3 Å². The van der Waals surface area contributed by atoms with Crippen molar-refractivity contribution in [2.75, 3.05) is 44.0 Å². The topological polar surface area (TPSA) is 135 Å². The van der Waals surface area contributed by atoms with Crippen LogP contribution in [0.5, 0.6) is 5.75 Å². The van der Waals surface area contributed by atoms with Gasteiger partial charge in [0.15, 0.2) is 0 Å². The highest BCUT2D eigenvalue weighted by atomic mass is 32.2. The lowest BCUT2D eigenvalue weighted by Gasteiger charge is -2.33. The first-order valence-electron chi connectivity index (χ1n) is 15.3. The minimum absolute atomic E-state index is 0.376. The highest BCUT2D eigenvalue weighted by Crippen LogP contribution is 2.33. The number of carbonyl (C=O) groups is 2. The Balaban J connectivity index is 1.01. The van der Waals surface area contributed by atoms with Crippen molar-refractivity contribution in [1.29, 1.82) is 0 Å². The Labute approximate surface area is 260 Å². The molecule has 0 radical (unpaired) electrons. The molecule has 1 atom stereocenters. The number of unbranched alkanes of at least 4 members (excludes halogenated alkanes) is 4. The highest BCUT2D eigenvalue weighted by molar-refractivity contribution is 7.89. The van der Waals surface area contributed by atoms with Gasteiger partial charge < -0.3 is 24.6 Å². The number of benzene rings is 2. The van der Waals surface area contributed by atoms with E-state index in [-0.39, 0.29) is 0 Å². The van der Waals surface area contributed by atoms with Crippen LogP contribution in [0.2, 0.25) is 0 Å². The normalized spacial score (nSPS) is 17.1. The molecule has 2 aliphatic rings. The van der Waals surface area contributed by atoms with Gasteiger partial charge in [-0.3, -0.25) is 4.79 Å². The van der Waals surface area contributed by atoms with Crippen LogP contribution >= 0.6 is 0 Å². The van der Waals surface area contributed by atoms with Crippen molar-refractivity contribution >= 4 is 27.6 Å². The Bertz CT molecular complexity index is 1400. The van der Waals surface area contributed by atoms with E-state index in [1.807, 2.05) is 38.1 Å². The summed E-state index contributed by atoms with van der Waals surface area (Å²) in [5, 5.41) is 13.9. The predicted octanol–water partition coefficient (Wildman–Crippen LogP) is 4.28. The molecule has 1 fully saturated rings. The van der Waals surface area contributed by atoms with Gasteiger partial charge in [-0.25, -0.2) is 22.4 Å². The van der Waals surface area contributed by atoms with Gasteiger partial charge in [0.05, 0.1) is 24.7 Å². The van der Waals surface area contributed by atoms with E-state index in [9.17, 15) is 23.1 Å². The van der Waals surface area contributed by atoms with Gasteiger partial charge in [-0.15, -0.1) is 0 Å². The lowest BCUT2D eigenvalue weighted by molar-refractivity contribution is -0.180. The number of fused-ring (bicyclic) bond motifs is 1. The molecule has 44 heavy (non-hydrogen) atoms. The number of sulfonamides is 1. The van der Waals surface area contributed by atoms with Gasteiger partial charge in [-0.05, 0) is 67.6 Å². The lowest BCUT2D eigenvalue weighted by Crippen LogP contribution is -2.36. The molecule has 242 valence electrons. The second kappa shape index (κ2) is 15.3. The zero-order valence-electron chi connectivity index (χ0n) is 25.9. The monoisotopic (exact) mass is 631 g/mol. The molecule has 2 aromatic rings. The number of amides is 3. The summed E-state index contributed by atoms with van der Waals surface area (Å²) >= 11 is 0. The number of nitrogens with one attached hydrogen (secondary N) is 1. The summed E-state index contributed by atoms with van der Waals surface area (Å²) in [6, 6.07) is 12.0. The fourth-order valence-electron chi connectivity index (χ4n) is 5.23. The average molecular weight is 632 g/mol. The molecule has 12 heteroatoms. The number of aliphatic hydroxyl groups excluding tert-OH is 1. The molecule has 2 aromatic carbocycles. The number of aryl methyl sites for hydroxylation is 1. The van der Waals surface area contributed by atoms with Crippen molar-refractivity contribution < 1.29 is 37.3 Å². The fraction of sp³-hybridized carbons (Fsp3) is 0.562. The van der Waals surface area contributed by atoms with Gasteiger partial charge in [0, 0.05) is 39.2 Å². The Hall–Kier alpha value is -3.03.